The van der Waals surface area contributed by atoms with Crippen LogP contribution in [0.25, 0.3) is 0 Å². The fourth-order valence-corrected chi connectivity index (χ4v) is 15.5. The van der Waals surface area contributed by atoms with Crippen molar-refractivity contribution in [2.75, 3.05) is 11.9 Å². The predicted octanol–water partition coefficient (Wildman–Crippen LogP) is 8.87. The van der Waals surface area contributed by atoms with E-state index in [9.17, 15) is 24.9 Å². The first-order chi connectivity index (χ1) is 23.5. The second-order valence-electron chi connectivity index (χ2n) is 20.2. The van der Waals surface area contributed by atoms with E-state index in [4.69, 9.17) is 0 Å². The number of carbonyl (C=O) groups excluding carboxylic acids is 2. The summed E-state index contributed by atoms with van der Waals surface area (Å²) in [4.78, 5) is 26.0. The number of halogens is 1. The van der Waals surface area contributed by atoms with Crippen molar-refractivity contribution >= 4 is 27.5 Å². The molecule has 50 heavy (non-hydrogen) atoms. The summed E-state index contributed by atoms with van der Waals surface area (Å²) in [5.41, 5.74) is 1.64. The minimum absolute atomic E-state index is 0.0963. The third-order valence-corrected chi connectivity index (χ3v) is 18.3. The maximum absolute atomic E-state index is 13.0. The van der Waals surface area contributed by atoms with Crippen molar-refractivity contribution in [1.82, 2.24) is 0 Å². The fourth-order valence-electron chi connectivity index (χ4n) is 15.1. The topological polar surface area (TPSA) is 94.8 Å². The first-order valence-electron chi connectivity index (χ1n) is 20.6. The number of aliphatic hydroxyl groups excluding tert-OH is 1. The molecule has 6 heteroatoms. The fraction of sp³-hybridized carbons (Fsp3) is 0.864. The van der Waals surface area contributed by atoms with Gasteiger partial charge >= 0.3 is 0 Å². The molecule has 0 unspecified atom stereocenters. The van der Waals surface area contributed by atoms with Crippen LogP contribution in [0.15, 0.2) is 24.3 Å². The molecule has 0 saturated heterocycles. The SMILES string of the molecule is C=C(CBr)[C@H]1CC[C@H]2[C@@H]3CC(=O)[C@H]4C[C@@](C)(O)CC[C@@H]4[C@H]3CC[C@]12C.C=C(CO)[C@H]1CC[C@H]2[C@@H]3CC(=O)[C@H]4C[C@@](C)(O)CC[C@@H]4[C@H]3CC[C@]12C. The third kappa shape index (κ3) is 6.22. The van der Waals surface area contributed by atoms with Crippen LogP contribution in [0.4, 0.5) is 0 Å². The van der Waals surface area contributed by atoms with E-state index in [2.05, 4.69) is 42.9 Å². The summed E-state index contributed by atoms with van der Waals surface area (Å²) in [5, 5.41) is 31.4. The van der Waals surface area contributed by atoms with Gasteiger partial charge in [0.1, 0.15) is 11.6 Å². The van der Waals surface area contributed by atoms with Crippen LogP contribution in [-0.2, 0) is 9.59 Å². The highest BCUT2D eigenvalue weighted by molar-refractivity contribution is 9.09. The van der Waals surface area contributed by atoms with Crippen molar-refractivity contribution in [2.24, 2.45) is 81.8 Å². The zero-order valence-corrected chi connectivity index (χ0v) is 33.2. The zero-order chi connectivity index (χ0) is 36.0. The van der Waals surface area contributed by atoms with E-state index in [1.165, 1.54) is 50.5 Å². The van der Waals surface area contributed by atoms with Gasteiger partial charge in [-0.25, -0.2) is 0 Å². The van der Waals surface area contributed by atoms with Gasteiger partial charge in [-0.15, -0.1) is 0 Å². The van der Waals surface area contributed by atoms with Crippen molar-refractivity contribution in [3.05, 3.63) is 24.3 Å². The van der Waals surface area contributed by atoms with Crippen LogP contribution in [0.5, 0.6) is 0 Å². The Kier molecular flexibility index (Phi) is 10.1. The first kappa shape index (κ1) is 37.5. The Morgan fingerprint density at radius 2 is 1.02 bits per heavy atom. The molecule has 16 atom stereocenters. The smallest absolute Gasteiger partial charge is 0.136 e. The highest BCUT2D eigenvalue weighted by atomic mass is 79.9. The van der Waals surface area contributed by atoms with Crippen LogP contribution in [0.3, 0.4) is 0 Å². The number of Topliss-reactive ketones (excluding diaryl/α,β-unsaturated/α-hetero) is 2. The molecule has 0 aromatic heterocycles. The number of carbonyl (C=O) groups is 2. The standard InChI is InChI=1S/C22H33BrO2.C22H34O3/c2*1-13(12-23)18-4-5-19-16-10-20(24)17-11-21(2,25)8-6-15(17)14(16)7-9-22(18,19)3/h14-19,25H,1,4-12H2,2-3H3;14-19,23,25H,1,4-12H2,2-3H3/t2*14-,15-,16-,17+,18-,19+,21+,22-/m11/s1. The van der Waals surface area contributed by atoms with Crippen molar-refractivity contribution < 1.29 is 24.9 Å². The lowest BCUT2D eigenvalue weighted by Crippen LogP contribution is -2.53. The van der Waals surface area contributed by atoms with Gasteiger partial charge in [0, 0.05) is 30.0 Å². The van der Waals surface area contributed by atoms with E-state index in [0.29, 0.717) is 89.0 Å². The lowest BCUT2D eigenvalue weighted by Gasteiger charge is -2.56. The van der Waals surface area contributed by atoms with Crippen molar-refractivity contribution in [2.45, 2.75) is 142 Å². The molecule has 0 spiro atoms. The van der Waals surface area contributed by atoms with Crippen molar-refractivity contribution in [1.29, 1.82) is 0 Å². The van der Waals surface area contributed by atoms with Gasteiger partial charge in [0.25, 0.3) is 0 Å². The lowest BCUT2D eigenvalue weighted by molar-refractivity contribution is -0.149. The van der Waals surface area contributed by atoms with Gasteiger partial charge in [-0.2, -0.15) is 0 Å². The molecule has 3 N–H and O–H groups in total. The summed E-state index contributed by atoms with van der Waals surface area (Å²) < 4.78 is 0. The van der Waals surface area contributed by atoms with E-state index >= 15 is 0 Å². The normalized spacial score (nSPS) is 52.2. The van der Waals surface area contributed by atoms with E-state index in [-0.39, 0.29) is 23.9 Å². The average molecular weight is 756 g/mol. The molecular formula is C44H67BrO5. The maximum atomic E-state index is 13.0. The summed E-state index contributed by atoms with van der Waals surface area (Å²) in [6.45, 7) is 17.3. The van der Waals surface area contributed by atoms with Crippen molar-refractivity contribution in [3.63, 3.8) is 0 Å². The Balaban J connectivity index is 0.000000157. The number of hydrogen-bond acceptors (Lipinski definition) is 5. The van der Waals surface area contributed by atoms with E-state index in [0.717, 1.165) is 55.8 Å². The summed E-state index contributed by atoms with van der Waals surface area (Å²) >= 11 is 3.62. The minimum atomic E-state index is -0.649. The van der Waals surface area contributed by atoms with Crippen LogP contribution in [0.1, 0.15) is 130 Å². The summed E-state index contributed by atoms with van der Waals surface area (Å²) in [6, 6.07) is 0. The summed E-state index contributed by atoms with van der Waals surface area (Å²) in [5.74, 6) is 6.96. The van der Waals surface area contributed by atoms with Crippen molar-refractivity contribution in [3.8, 4) is 0 Å². The molecule has 8 aliphatic carbocycles. The Morgan fingerprint density at radius 3 is 1.42 bits per heavy atom. The summed E-state index contributed by atoms with van der Waals surface area (Å²) in [6.07, 6.45) is 16.5. The van der Waals surface area contributed by atoms with Gasteiger partial charge in [-0.1, -0.05) is 48.5 Å². The van der Waals surface area contributed by atoms with Crippen LogP contribution in [0, 0.1) is 81.8 Å². The van der Waals surface area contributed by atoms with Gasteiger partial charge < -0.3 is 15.3 Å². The van der Waals surface area contributed by atoms with Gasteiger partial charge in [0.05, 0.1) is 17.8 Å². The highest BCUT2D eigenvalue weighted by Gasteiger charge is 2.61. The van der Waals surface area contributed by atoms with Crippen LogP contribution in [0.2, 0.25) is 0 Å². The van der Waals surface area contributed by atoms with E-state index < -0.39 is 11.2 Å². The largest absolute Gasteiger partial charge is 0.392 e. The number of rotatable bonds is 4. The van der Waals surface area contributed by atoms with Gasteiger partial charge in [0.2, 0.25) is 0 Å². The Morgan fingerprint density at radius 1 is 0.620 bits per heavy atom. The molecule has 5 nitrogen and oxygen atoms in total. The molecule has 0 amide bonds. The van der Waals surface area contributed by atoms with Crippen LogP contribution >= 0.6 is 15.9 Å². The third-order valence-electron chi connectivity index (χ3n) is 17.5. The molecule has 0 bridgehead atoms. The average Bonchev–Trinajstić information content (AvgIpc) is 3.61. The minimum Gasteiger partial charge on any atom is -0.392 e. The number of aliphatic hydroxyl groups is 3. The van der Waals surface area contributed by atoms with Gasteiger partial charge in [0.15, 0.2) is 0 Å². The highest BCUT2D eigenvalue weighted by Crippen LogP contribution is 2.66. The monoisotopic (exact) mass is 754 g/mol. The van der Waals surface area contributed by atoms with Gasteiger partial charge in [-0.3, -0.25) is 9.59 Å². The maximum Gasteiger partial charge on any atom is 0.136 e. The number of hydrogen-bond donors (Lipinski definition) is 3. The number of fused-ring (bicyclic) bond motifs is 10. The quantitative estimate of drug-likeness (QED) is 0.197. The molecule has 280 valence electrons. The first-order valence-corrected chi connectivity index (χ1v) is 21.7. The molecule has 8 saturated carbocycles. The lowest BCUT2D eigenvalue weighted by atomic mass is 9.48. The second-order valence-corrected chi connectivity index (χ2v) is 20.7. The molecule has 8 fully saturated rings. The predicted molar refractivity (Wildman–Crippen MR) is 202 cm³/mol. The number of alkyl halides is 1. The second kappa shape index (κ2) is 13.5. The van der Waals surface area contributed by atoms with Crippen LogP contribution < -0.4 is 0 Å². The summed E-state index contributed by atoms with van der Waals surface area (Å²) in [7, 11) is 0. The molecule has 0 aromatic carbocycles. The zero-order valence-electron chi connectivity index (χ0n) is 31.6. The molecule has 8 aliphatic rings. The Hall–Kier alpha value is -0.820. The molecule has 0 aliphatic heterocycles. The molecule has 0 radical (unpaired) electrons. The van der Waals surface area contributed by atoms with Crippen LogP contribution in [-0.4, -0.2) is 50.0 Å². The molecule has 0 heterocycles. The van der Waals surface area contributed by atoms with E-state index in [1.54, 1.807) is 0 Å². The number of ketones is 2. The van der Waals surface area contributed by atoms with E-state index in [1.807, 2.05) is 13.8 Å². The molecule has 0 aromatic rings. The van der Waals surface area contributed by atoms with Gasteiger partial charge in [-0.05, 0) is 179 Å². The number of allylic oxidation sites excluding steroid dienone is 1. The molecular weight excluding hydrogens is 688 g/mol. The Labute approximate surface area is 311 Å². The molecule has 8 rings (SSSR count). The Bertz CT molecular complexity index is 1270.